The summed E-state index contributed by atoms with van der Waals surface area (Å²) in [5.41, 5.74) is 2.94. The highest BCUT2D eigenvalue weighted by atomic mass is 16.5. The van der Waals surface area contributed by atoms with E-state index in [1.54, 1.807) is 0 Å². The molecule has 0 saturated heterocycles. The third-order valence-corrected chi connectivity index (χ3v) is 5.68. The number of carbonyl (C=O) groups excluding carboxylic acids is 1. The first-order valence-corrected chi connectivity index (χ1v) is 12.2. The smallest absolute Gasteiger partial charge is 0.343 e. The van der Waals surface area contributed by atoms with Crippen LogP contribution < -0.4 is 4.74 Å². The van der Waals surface area contributed by atoms with Crippen LogP contribution in [0.3, 0.4) is 0 Å². The molecule has 2 aromatic carbocycles. The minimum atomic E-state index is -0.321. The number of rotatable bonds is 15. The summed E-state index contributed by atoms with van der Waals surface area (Å²) in [6.45, 7) is 7.29. The fourth-order valence-electron chi connectivity index (χ4n) is 3.58. The van der Waals surface area contributed by atoms with Gasteiger partial charge in [0, 0.05) is 6.61 Å². The highest BCUT2D eigenvalue weighted by molar-refractivity contribution is 5.91. The number of hydrogen-bond acceptors (Lipinski definition) is 3. The zero-order chi connectivity index (χ0) is 22.3. The summed E-state index contributed by atoms with van der Waals surface area (Å²) in [5.74, 6) is 0.237. The zero-order valence-electron chi connectivity index (χ0n) is 19.7. The van der Waals surface area contributed by atoms with Gasteiger partial charge in [0.25, 0.3) is 0 Å². The molecule has 3 nitrogen and oxygen atoms in total. The van der Waals surface area contributed by atoms with Gasteiger partial charge in [0.1, 0.15) is 5.75 Å². The van der Waals surface area contributed by atoms with E-state index in [1.807, 2.05) is 48.5 Å². The molecule has 31 heavy (non-hydrogen) atoms. The molecule has 1 atom stereocenters. The minimum Gasteiger partial charge on any atom is -0.423 e. The van der Waals surface area contributed by atoms with Crippen LogP contribution in [0.25, 0.3) is 0 Å². The van der Waals surface area contributed by atoms with Crippen LogP contribution in [-0.4, -0.2) is 12.6 Å². The monoisotopic (exact) mass is 424 g/mol. The average molecular weight is 425 g/mol. The van der Waals surface area contributed by atoms with Crippen molar-refractivity contribution >= 4 is 5.97 Å². The SMILES string of the molecule is CCCCCCCCCOC(C)c1ccc(OC(=O)c2ccc(CCCC)cc2)cc1. The summed E-state index contributed by atoms with van der Waals surface area (Å²) in [7, 11) is 0. The predicted octanol–water partition coefficient (Wildman–Crippen LogP) is 8.08. The molecule has 0 bridgehead atoms. The lowest BCUT2D eigenvalue weighted by atomic mass is 10.1. The number of aryl methyl sites for hydroxylation is 1. The molecule has 0 heterocycles. The Morgan fingerprint density at radius 2 is 1.39 bits per heavy atom. The molecule has 0 aromatic heterocycles. The summed E-state index contributed by atoms with van der Waals surface area (Å²) in [5, 5.41) is 0. The summed E-state index contributed by atoms with van der Waals surface area (Å²) in [6.07, 6.45) is 12.4. The van der Waals surface area contributed by atoms with Crippen molar-refractivity contribution in [1.29, 1.82) is 0 Å². The first kappa shape index (κ1) is 25.1. The quantitative estimate of drug-likeness (QED) is 0.165. The van der Waals surface area contributed by atoms with E-state index in [4.69, 9.17) is 9.47 Å². The van der Waals surface area contributed by atoms with Gasteiger partial charge in [-0.25, -0.2) is 4.79 Å². The molecule has 0 saturated carbocycles. The largest absolute Gasteiger partial charge is 0.423 e. The van der Waals surface area contributed by atoms with Crippen LogP contribution in [0.4, 0.5) is 0 Å². The van der Waals surface area contributed by atoms with Gasteiger partial charge < -0.3 is 9.47 Å². The Bertz CT molecular complexity index is 734. The molecule has 0 aliphatic rings. The third kappa shape index (κ3) is 9.69. The maximum atomic E-state index is 12.4. The number of esters is 1. The van der Waals surface area contributed by atoms with Crippen molar-refractivity contribution in [3.63, 3.8) is 0 Å². The Morgan fingerprint density at radius 1 is 0.774 bits per heavy atom. The minimum absolute atomic E-state index is 0.0421. The maximum Gasteiger partial charge on any atom is 0.343 e. The van der Waals surface area contributed by atoms with E-state index in [-0.39, 0.29) is 12.1 Å². The van der Waals surface area contributed by atoms with E-state index in [1.165, 1.54) is 50.5 Å². The van der Waals surface area contributed by atoms with E-state index >= 15 is 0 Å². The first-order valence-electron chi connectivity index (χ1n) is 12.2. The summed E-state index contributed by atoms with van der Waals surface area (Å²) >= 11 is 0. The van der Waals surface area contributed by atoms with Crippen LogP contribution in [0.15, 0.2) is 48.5 Å². The Morgan fingerprint density at radius 3 is 2.03 bits per heavy atom. The van der Waals surface area contributed by atoms with E-state index in [0.29, 0.717) is 11.3 Å². The number of unbranched alkanes of at least 4 members (excludes halogenated alkanes) is 7. The molecule has 2 rings (SSSR count). The number of hydrogen-bond donors (Lipinski definition) is 0. The van der Waals surface area contributed by atoms with Gasteiger partial charge in [0.05, 0.1) is 11.7 Å². The van der Waals surface area contributed by atoms with Crippen LogP contribution in [-0.2, 0) is 11.2 Å². The van der Waals surface area contributed by atoms with E-state index in [2.05, 4.69) is 20.8 Å². The van der Waals surface area contributed by atoms with Crippen LogP contribution in [0.2, 0.25) is 0 Å². The topological polar surface area (TPSA) is 35.5 Å². The Balaban J connectivity index is 1.72. The van der Waals surface area contributed by atoms with E-state index in [9.17, 15) is 4.79 Å². The Labute approximate surface area is 189 Å². The number of ether oxygens (including phenoxy) is 2. The molecule has 0 fully saturated rings. The first-order chi connectivity index (χ1) is 15.1. The van der Waals surface area contributed by atoms with Crippen molar-refractivity contribution in [1.82, 2.24) is 0 Å². The molecule has 3 heteroatoms. The molecule has 0 amide bonds. The van der Waals surface area contributed by atoms with E-state index < -0.39 is 0 Å². The molecule has 0 N–H and O–H groups in total. The molecule has 170 valence electrons. The van der Waals surface area contributed by atoms with Gasteiger partial charge in [0.15, 0.2) is 0 Å². The van der Waals surface area contributed by atoms with E-state index in [0.717, 1.165) is 31.4 Å². The molecule has 0 aliphatic heterocycles. The molecular weight excluding hydrogens is 384 g/mol. The molecule has 0 spiro atoms. The van der Waals surface area contributed by atoms with Gasteiger partial charge in [-0.05, 0) is 61.6 Å². The molecule has 0 aliphatic carbocycles. The van der Waals surface area contributed by atoms with Crippen molar-refractivity contribution in [2.75, 3.05) is 6.61 Å². The van der Waals surface area contributed by atoms with Crippen molar-refractivity contribution < 1.29 is 14.3 Å². The highest BCUT2D eigenvalue weighted by Gasteiger charge is 2.10. The second kappa shape index (κ2) is 14.8. The summed E-state index contributed by atoms with van der Waals surface area (Å²) < 4.78 is 11.5. The molecule has 1 unspecified atom stereocenters. The highest BCUT2D eigenvalue weighted by Crippen LogP contribution is 2.22. The summed E-state index contributed by atoms with van der Waals surface area (Å²) in [6, 6.07) is 15.4. The maximum absolute atomic E-state index is 12.4. The molecular formula is C28H40O3. The Kier molecular flexibility index (Phi) is 12.0. The van der Waals surface area contributed by atoms with Crippen LogP contribution in [0.1, 0.15) is 106 Å². The molecule has 0 radical (unpaired) electrons. The zero-order valence-corrected chi connectivity index (χ0v) is 19.7. The Hall–Kier alpha value is -2.13. The lowest BCUT2D eigenvalue weighted by Gasteiger charge is -2.14. The van der Waals surface area contributed by atoms with Crippen molar-refractivity contribution in [2.45, 2.75) is 91.1 Å². The van der Waals surface area contributed by atoms with Crippen molar-refractivity contribution in [2.24, 2.45) is 0 Å². The lowest BCUT2D eigenvalue weighted by molar-refractivity contribution is 0.0627. The van der Waals surface area contributed by atoms with Crippen LogP contribution >= 0.6 is 0 Å². The van der Waals surface area contributed by atoms with Gasteiger partial charge >= 0.3 is 5.97 Å². The number of benzene rings is 2. The standard InChI is InChI=1S/C28H40O3/c1-4-6-8-9-10-11-12-22-30-23(3)25-18-20-27(21-19-25)31-28(29)26-16-14-24(15-17-26)13-7-5-2/h14-21,23H,4-13,22H2,1-3H3. The van der Waals surface area contributed by atoms with Crippen molar-refractivity contribution in [3.05, 3.63) is 65.2 Å². The molecule has 2 aromatic rings. The second-order valence-corrected chi connectivity index (χ2v) is 8.39. The van der Waals surface area contributed by atoms with Crippen LogP contribution in [0, 0.1) is 0 Å². The van der Waals surface area contributed by atoms with Gasteiger partial charge in [-0.15, -0.1) is 0 Å². The van der Waals surface area contributed by atoms with Gasteiger partial charge in [-0.2, -0.15) is 0 Å². The third-order valence-electron chi connectivity index (χ3n) is 5.68. The predicted molar refractivity (Wildman–Crippen MR) is 129 cm³/mol. The lowest BCUT2D eigenvalue weighted by Crippen LogP contribution is -2.08. The number of carbonyl (C=O) groups is 1. The summed E-state index contributed by atoms with van der Waals surface area (Å²) in [4.78, 5) is 12.4. The normalized spacial score (nSPS) is 12.0. The van der Waals surface area contributed by atoms with Gasteiger partial charge in [0.2, 0.25) is 0 Å². The fraction of sp³-hybridized carbons (Fsp3) is 0.536. The fourth-order valence-corrected chi connectivity index (χ4v) is 3.58. The average Bonchev–Trinajstić information content (AvgIpc) is 2.80. The van der Waals surface area contributed by atoms with Crippen molar-refractivity contribution in [3.8, 4) is 5.75 Å². The van der Waals surface area contributed by atoms with Gasteiger partial charge in [-0.3, -0.25) is 0 Å². The van der Waals surface area contributed by atoms with Crippen LogP contribution in [0.5, 0.6) is 5.75 Å². The van der Waals surface area contributed by atoms with Gasteiger partial charge in [-0.1, -0.05) is 83.1 Å². The second-order valence-electron chi connectivity index (χ2n) is 8.39.